The predicted molar refractivity (Wildman–Crippen MR) is 67.0 cm³/mol. The van der Waals surface area contributed by atoms with Crippen molar-refractivity contribution in [2.75, 3.05) is 7.11 Å². The summed E-state index contributed by atoms with van der Waals surface area (Å²) in [6.45, 7) is 0. The summed E-state index contributed by atoms with van der Waals surface area (Å²) in [5.41, 5.74) is 5.89. The van der Waals surface area contributed by atoms with Crippen molar-refractivity contribution in [3.8, 4) is 0 Å². The fourth-order valence-corrected chi connectivity index (χ4v) is 1.46. The largest absolute Gasteiger partial charge is 0.357 e. The molecule has 4 heteroatoms. The minimum absolute atomic E-state index is 0.0815. The van der Waals surface area contributed by atoms with E-state index in [0.29, 0.717) is 0 Å². The van der Waals surface area contributed by atoms with E-state index in [1.54, 1.807) is 19.3 Å². The Hall–Kier alpha value is -1.78. The number of hydrogen-bond donors (Lipinski definition) is 1. The molecule has 0 saturated heterocycles. The van der Waals surface area contributed by atoms with Gasteiger partial charge in [0.2, 0.25) is 0 Å². The van der Waals surface area contributed by atoms with Crippen LogP contribution in [0.2, 0.25) is 0 Å². The van der Waals surface area contributed by atoms with Crippen LogP contribution in [0.15, 0.2) is 64.9 Å². The summed E-state index contributed by atoms with van der Waals surface area (Å²) in [4.78, 5) is 0. The molecule has 88 valence electrons. The van der Waals surface area contributed by atoms with Crippen LogP contribution in [0.25, 0.3) is 0 Å². The molecule has 0 atom stereocenters. The minimum Gasteiger partial charge on any atom is -0.357 e. The van der Waals surface area contributed by atoms with Gasteiger partial charge in [0, 0.05) is 7.11 Å². The number of nitrogens with zero attached hydrogens (tertiary/aromatic N) is 2. The van der Waals surface area contributed by atoms with Crippen LogP contribution in [0.3, 0.4) is 0 Å². The van der Waals surface area contributed by atoms with Gasteiger partial charge in [-0.25, -0.2) is 0 Å². The number of ether oxygens (including phenoxy) is 1. The van der Waals surface area contributed by atoms with Crippen molar-refractivity contribution in [3.63, 3.8) is 0 Å². The van der Waals surface area contributed by atoms with Crippen molar-refractivity contribution in [1.82, 2.24) is 0 Å². The van der Waals surface area contributed by atoms with Gasteiger partial charge in [-0.2, -0.15) is 10.2 Å². The molecule has 2 rings (SSSR count). The van der Waals surface area contributed by atoms with E-state index in [-0.39, 0.29) is 6.04 Å². The molecule has 0 amide bonds. The van der Waals surface area contributed by atoms with Gasteiger partial charge in [-0.3, -0.25) is 5.73 Å². The maximum absolute atomic E-state index is 5.86. The molecule has 4 nitrogen and oxygen atoms in total. The number of hydrogen-bond acceptors (Lipinski definition) is 4. The fraction of sp³-hybridized carbons (Fsp3) is 0.231. The third kappa shape index (κ3) is 3.09. The molecule has 0 aliphatic heterocycles. The summed E-state index contributed by atoms with van der Waals surface area (Å²) in [5, 5.41) is 8.34. The Labute approximate surface area is 101 Å². The van der Waals surface area contributed by atoms with E-state index in [4.69, 9.17) is 10.5 Å². The van der Waals surface area contributed by atoms with Crippen LogP contribution in [0.4, 0.5) is 5.69 Å². The molecule has 2 N–H and O–H groups in total. The van der Waals surface area contributed by atoms with E-state index < -0.39 is 5.72 Å². The van der Waals surface area contributed by atoms with Crippen LogP contribution >= 0.6 is 0 Å². The first-order valence-corrected chi connectivity index (χ1v) is 5.40. The molecule has 0 saturated carbocycles. The van der Waals surface area contributed by atoms with E-state index in [1.165, 1.54) is 0 Å². The summed E-state index contributed by atoms with van der Waals surface area (Å²) in [6.07, 6.45) is 7.30. The molecule has 1 aliphatic carbocycles. The van der Waals surface area contributed by atoms with Crippen molar-refractivity contribution in [2.45, 2.75) is 11.8 Å². The molecular weight excluding hydrogens is 214 g/mol. The molecule has 17 heavy (non-hydrogen) atoms. The minimum atomic E-state index is -0.807. The molecule has 1 aromatic carbocycles. The Bertz CT molecular complexity index is 437. The molecule has 0 unspecified atom stereocenters. The van der Waals surface area contributed by atoms with Gasteiger partial charge < -0.3 is 4.74 Å². The van der Waals surface area contributed by atoms with Gasteiger partial charge in [0.15, 0.2) is 5.72 Å². The molecule has 0 radical (unpaired) electrons. The average Bonchev–Trinajstić information content (AvgIpc) is 2.39. The van der Waals surface area contributed by atoms with Crippen LogP contribution in [-0.2, 0) is 4.74 Å². The first kappa shape index (κ1) is 11.7. The second kappa shape index (κ2) is 5.03. The van der Waals surface area contributed by atoms with Crippen LogP contribution in [-0.4, -0.2) is 18.9 Å². The summed E-state index contributed by atoms with van der Waals surface area (Å²) >= 11 is 0. The summed E-state index contributed by atoms with van der Waals surface area (Å²) in [6, 6.07) is 9.53. The number of rotatable bonds is 3. The third-order valence-electron chi connectivity index (χ3n) is 2.52. The third-order valence-corrected chi connectivity index (χ3v) is 2.52. The molecule has 0 fully saturated rings. The first-order chi connectivity index (χ1) is 8.22. The highest BCUT2D eigenvalue weighted by atomic mass is 16.5. The highest BCUT2D eigenvalue weighted by Gasteiger charge is 2.20. The van der Waals surface area contributed by atoms with Gasteiger partial charge in [-0.15, -0.1) is 0 Å². The molecule has 0 heterocycles. The van der Waals surface area contributed by atoms with Gasteiger partial charge in [-0.1, -0.05) is 30.4 Å². The van der Waals surface area contributed by atoms with Gasteiger partial charge in [0.05, 0.1) is 5.69 Å². The van der Waals surface area contributed by atoms with Gasteiger partial charge in [0.25, 0.3) is 0 Å². The number of azo groups is 1. The number of benzene rings is 1. The van der Waals surface area contributed by atoms with E-state index in [2.05, 4.69) is 10.2 Å². The maximum Gasteiger partial charge on any atom is 0.154 e. The van der Waals surface area contributed by atoms with Crippen LogP contribution in [0, 0.1) is 0 Å². The quantitative estimate of drug-likeness (QED) is 0.492. The zero-order chi connectivity index (χ0) is 12.1. The highest BCUT2D eigenvalue weighted by Crippen LogP contribution is 2.17. The standard InChI is InChI=1S/C13H15N3O/c1-17-13(14)9-7-12(8-10-13)16-15-11-5-3-2-4-6-11/h2-10,12H,14H2,1H3. The Morgan fingerprint density at radius 2 is 1.82 bits per heavy atom. The lowest BCUT2D eigenvalue weighted by atomic mass is 10.1. The van der Waals surface area contributed by atoms with Crippen molar-refractivity contribution in [1.29, 1.82) is 0 Å². The van der Waals surface area contributed by atoms with Crippen molar-refractivity contribution in [3.05, 3.63) is 54.6 Å². The van der Waals surface area contributed by atoms with E-state index in [9.17, 15) is 0 Å². The Kier molecular flexibility index (Phi) is 3.46. The van der Waals surface area contributed by atoms with E-state index in [1.807, 2.05) is 42.5 Å². The molecule has 0 bridgehead atoms. The summed E-state index contributed by atoms with van der Waals surface area (Å²) in [7, 11) is 1.57. The van der Waals surface area contributed by atoms with Gasteiger partial charge in [-0.05, 0) is 24.3 Å². The zero-order valence-corrected chi connectivity index (χ0v) is 9.65. The Balaban J connectivity index is 2.02. The van der Waals surface area contributed by atoms with Gasteiger partial charge >= 0.3 is 0 Å². The number of nitrogens with two attached hydrogens (primary N) is 1. The average molecular weight is 229 g/mol. The molecular formula is C13H15N3O. The highest BCUT2D eigenvalue weighted by molar-refractivity contribution is 5.35. The first-order valence-electron chi connectivity index (χ1n) is 5.40. The van der Waals surface area contributed by atoms with Crippen LogP contribution < -0.4 is 5.73 Å². The van der Waals surface area contributed by atoms with Crippen LogP contribution in [0.1, 0.15) is 0 Å². The topological polar surface area (TPSA) is 60.0 Å². The second-order valence-electron chi connectivity index (χ2n) is 3.82. The molecule has 0 spiro atoms. The molecule has 0 aromatic heterocycles. The lowest BCUT2D eigenvalue weighted by Gasteiger charge is -2.23. The lowest BCUT2D eigenvalue weighted by molar-refractivity contribution is 0.0784. The second-order valence-corrected chi connectivity index (χ2v) is 3.82. The Morgan fingerprint density at radius 3 is 2.41 bits per heavy atom. The normalized spacial score (nSPS) is 27.8. The summed E-state index contributed by atoms with van der Waals surface area (Å²) in [5.74, 6) is 0. The van der Waals surface area contributed by atoms with E-state index in [0.717, 1.165) is 5.69 Å². The smallest absolute Gasteiger partial charge is 0.154 e. The van der Waals surface area contributed by atoms with Gasteiger partial charge in [0.1, 0.15) is 6.04 Å². The van der Waals surface area contributed by atoms with Crippen molar-refractivity contribution < 1.29 is 4.74 Å². The molecule has 1 aromatic rings. The lowest BCUT2D eigenvalue weighted by Crippen LogP contribution is -2.39. The summed E-state index contributed by atoms with van der Waals surface area (Å²) < 4.78 is 5.12. The van der Waals surface area contributed by atoms with Crippen LogP contribution in [0.5, 0.6) is 0 Å². The monoisotopic (exact) mass is 229 g/mol. The molecule has 1 aliphatic rings. The predicted octanol–water partition coefficient (Wildman–Crippen LogP) is 2.57. The van der Waals surface area contributed by atoms with Crippen molar-refractivity contribution in [2.24, 2.45) is 16.0 Å². The zero-order valence-electron chi connectivity index (χ0n) is 9.65. The fourth-order valence-electron chi connectivity index (χ4n) is 1.46. The maximum atomic E-state index is 5.86. The van der Waals surface area contributed by atoms with E-state index >= 15 is 0 Å². The Morgan fingerprint density at radius 1 is 1.18 bits per heavy atom. The SMILES string of the molecule is COC1(N)C=CC(N=Nc2ccccc2)C=C1. The van der Waals surface area contributed by atoms with Crippen molar-refractivity contribution >= 4 is 5.69 Å². The number of methoxy groups -OCH3 is 1.